The number of nitrogens with zero attached hydrogens (tertiary/aromatic N) is 1. The largest absolute Gasteiger partial charge is 0.486 e. The Kier molecular flexibility index (Phi) is 4.83. The maximum atomic E-state index is 12.4. The van der Waals surface area contributed by atoms with Crippen molar-refractivity contribution in [2.24, 2.45) is 0 Å². The number of ether oxygens (including phenoxy) is 2. The van der Waals surface area contributed by atoms with E-state index in [9.17, 15) is 4.79 Å². The molecule has 3 rings (SSSR count). The summed E-state index contributed by atoms with van der Waals surface area (Å²) < 4.78 is 11.2. The number of hydrogen-bond donors (Lipinski definition) is 1. The molecule has 2 aliphatic heterocycles. The van der Waals surface area contributed by atoms with Crippen molar-refractivity contribution in [1.29, 1.82) is 0 Å². The minimum Gasteiger partial charge on any atom is -0.486 e. The van der Waals surface area contributed by atoms with Gasteiger partial charge in [-0.3, -0.25) is 4.79 Å². The molecule has 1 unspecified atom stereocenters. The number of carbonyl (C=O) groups is 1. The molecule has 0 radical (unpaired) electrons. The molecule has 1 fully saturated rings. The summed E-state index contributed by atoms with van der Waals surface area (Å²) in [5.74, 6) is 1.87. The smallest absolute Gasteiger partial charge is 0.223 e. The van der Waals surface area contributed by atoms with Gasteiger partial charge in [-0.1, -0.05) is 6.07 Å². The Labute approximate surface area is 131 Å². The van der Waals surface area contributed by atoms with E-state index in [1.54, 1.807) is 0 Å². The quantitative estimate of drug-likeness (QED) is 0.847. The van der Waals surface area contributed by atoms with E-state index in [1.807, 2.05) is 24.1 Å². The van der Waals surface area contributed by atoms with Gasteiger partial charge >= 0.3 is 0 Å². The van der Waals surface area contributed by atoms with Crippen molar-refractivity contribution in [2.75, 3.05) is 33.4 Å². The number of carbonyl (C=O) groups excluding carboxylic acids is 1. The van der Waals surface area contributed by atoms with Gasteiger partial charge in [0.25, 0.3) is 0 Å². The summed E-state index contributed by atoms with van der Waals surface area (Å²) in [6.45, 7) is 2.94. The van der Waals surface area contributed by atoms with Crippen molar-refractivity contribution in [3.63, 3.8) is 0 Å². The first-order chi connectivity index (χ1) is 10.8. The van der Waals surface area contributed by atoms with E-state index in [0.29, 0.717) is 19.6 Å². The number of rotatable bonds is 5. The zero-order chi connectivity index (χ0) is 15.4. The third-order valence-corrected chi connectivity index (χ3v) is 4.34. The minimum absolute atomic E-state index is 0.179. The number of hydrogen-bond acceptors (Lipinski definition) is 4. The molecule has 1 aromatic carbocycles. The summed E-state index contributed by atoms with van der Waals surface area (Å²) in [6, 6.07) is 6.25. The van der Waals surface area contributed by atoms with Crippen LogP contribution in [0.5, 0.6) is 11.5 Å². The molecule has 0 aliphatic carbocycles. The Morgan fingerprint density at radius 2 is 2.14 bits per heavy atom. The second-order valence-corrected chi connectivity index (χ2v) is 5.86. The molecule has 5 nitrogen and oxygen atoms in total. The van der Waals surface area contributed by atoms with Gasteiger partial charge in [-0.05, 0) is 50.6 Å². The first kappa shape index (κ1) is 15.2. The normalized spacial score (nSPS) is 20.2. The van der Waals surface area contributed by atoms with Gasteiger partial charge in [0.05, 0.1) is 6.04 Å². The van der Waals surface area contributed by atoms with Crippen LogP contribution in [0.15, 0.2) is 18.2 Å². The zero-order valence-corrected chi connectivity index (χ0v) is 13.1. The van der Waals surface area contributed by atoms with Crippen LogP contribution >= 0.6 is 0 Å². The first-order valence-electron chi connectivity index (χ1n) is 8.13. The van der Waals surface area contributed by atoms with Crippen LogP contribution in [0, 0.1) is 0 Å². The van der Waals surface area contributed by atoms with Gasteiger partial charge in [0.2, 0.25) is 5.91 Å². The average molecular weight is 304 g/mol. The van der Waals surface area contributed by atoms with Crippen LogP contribution in [0.25, 0.3) is 0 Å². The highest BCUT2D eigenvalue weighted by molar-refractivity contribution is 5.77. The molecule has 5 heteroatoms. The molecule has 0 saturated carbocycles. The predicted octanol–water partition coefficient (Wildman–Crippen LogP) is 2.12. The van der Waals surface area contributed by atoms with Crippen molar-refractivity contribution < 1.29 is 14.3 Å². The van der Waals surface area contributed by atoms with Crippen molar-refractivity contribution in [2.45, 2.75) is 31.7 Å². The SMILES string of the molecule is CNCCCC(=O)N1CCCC1c1ccc2c(c1)OCCO2. The Morgan fingerprint density at radius 1 is 1.32 bits per heavy atom. The van der Waals surface area contributed by atoms with Gasteiger partial charge in [0.1, 0.15) is 13.2 Å². The maximum Gasteiger partial charge on any atom is 0.223 e. The molecule has 2 heterocycles. The van der Waals surface area contributed by atoms with Crippen LogP contribution in [-0.4, -0.2) is 44.2 Å². The molecule has 1 saturated heterocycles. The number of nitrogens with one attached hydrogen (secondary N) is 1. The van der Waals surface area contributed by atoms with Crippen LogP contribution in [0.2, 0.25) is 0 Å². The van der Waals surface area contributed by atoms with Gasteiger partial charge in [0.15, 0.2) is 11.5 Å². The maximum absolute atomic E-state index is 12.4. The lowest BCUT2D eigenvalue weighted by Crippen LogP contribution is -2.31. The Balaban J connectivity index is 1.71. The third-order valence-electron chi connectivity index (χ3n) is 4.34. The van der Waals surface area contributed by atoms with E-state index in [-0.39, 0.29) is 11.9 Å². The van der Waals surface area contributed by atoms with E-state index in [2.05, 4.69) is 11.4 Å². The third kappa shape index (κ3) is 3.19. The van der Waals surface area contributed by atoms with E-state index in [4.69, 9.17) is 9.47 Å². The van der Waals surface area contributed by atoms with Gasteiger partial charge in [-0.25, -0.2) is 0 Å². The summed E-state index contributed by atoms with van der Waals surface area (Å²) >= 11 is 0. The molecule has 1 aromatic rings. The van der Waals surface area contributed by atoms with E-state index in [1.165, 1.54) is 0 Å². The van der Waals surface area contributed by atoms with Crippen molar-refractivity contribution in [1.82, 2.24) is 10.2 Å². The fourth-order valence-electron chi connectivity index (χ4n) is 3.24. The number of benzene rings is 1. The van der Waals surface area contributed by atoms with E-state index >= 15 is 0 Å². The molecular formula is C17H24N2O3. The molecule has 1 N–H and O–H groups in total. The fourth-order valence-corrected chi connectivity index (χ4v) is 3.24. The molecule has 120 valence electrons. The summed E-state index contributed by atoms with van der Waals surface area (Å²) in [6.07, 6.45) is 3.59. The summed E-state index contributed by atoms with van der Waals surface area (Å²) in [7, 11) is 1.92. The predicted molar refractivity (Wildman–Crippen MR) is 84.3 cm³/mol. The van der Waals surface area contributed by atoms with Gasteiger partial charge < -0.3 is 19.7 Å². The van der Waals surface area contributed by atoms with Crippen molar-refractivity contribution in [3.8, 4) is 11.5 Å². The van der Waals surface area contributed by atoms with Crippen molar-refractivity contribution in [3.05, 3.63) is 23.8 Å². The van der Waals surface area contributed by atoms with Gasteiger partial charge in [0, 0.05) is 13.0 Å². The summed E-state index contributed by atoms with van der Waals surface area (Å²) in [5.41, 5.74) is 1.16. The molecule has 0 bridgehead atoms. The molecule has 1 amide bonds. The molecule has 1 atom stereocenters. The minimum atomic E-state index is 0.179. The monoisotopic (exact) mass is 304 g/mol. The van der Waals surface area contributed by atoms with Crippen LogP contribution in [0.1, 0.15) is 37.3 Å². The molecule has 22 heavy (non-hydrogen) atoms. The lowest BCUT2D eigenvalue weighted by molar-refractivity contribution is -0.132. The Morgan fingerprint density at radius 3 is 2.95 bits per heavy atom. The van der Waals surface area contributed by atoms with Gasteiger partial charge in [-0.15, -0.1) is 0 Å². The topological polar surface area (TPSA) is 50.8 Å². The summed E-state index contributed by atoms with van der Waals surface area (Å²) in [4.78, 5) is 14.5. The van der Waals surface area contributed by atoms with Crippen LogP contribution < -0.4 is 14.8 Å². The van der Waals surface area contributed by atoms with Crippen LogP contribution in [0.4, 0.5) is 0 Å². The number of likely N-dealkylation sites (tertiary alicyclic amines) is 1. The number of amides is 1. The average Bonchev–Trinajstić information content (AvgIpc) is 3.04. The Bertz CT molecular complexity index is 533. The van der Waals surface area contributed by atoms with E-state index in [0.717, 1.165) is 49.4 Å². The highest BCUT2D eigenvalue weighted by atomic mass is 16.6. The van der Waals surface area contributed by atoms with Crippen molar-refractivity contribution >= 4 is 5.91 Å². The van der Waals surface area contributed by atoms with Gasteiger partial charge in [-0.2, -0.15) is 0 Å². The lowest BCUT2D eigenvalue weighted by atomic mass is 10.0. The number of fused-ring (bicyclic) bond motifs is 1. The fraction of sp³-hybridized carbons (Fsp3) is 0.588. The standard InChI is InChI=1S/C17H24N2O3/c1-18-8-2-5-17(20)19-9-3-4-14(19)13-6-7-15-16(12-13)22-11-10-21-15/h6-7,12,14,18H,2-5,8-11H2,1H3. The second-order valence-electron chi connectivity index (χ2n) is 5.86. The highest BCUT2D eigenvalue weighted by Crippen LogP contribution is 2.38. The summed E-state index contributed by atoms with van der Waals surface area (Å²) in [5, 5.41) is 3.09. The molecule has 0 spiro atoms. The highest BCUT2D eigenvalue weighted by Gasteiger charge is 2.30. The lowest BCUT2D eigenvalue weighted by Gasteiger charge is -2.27. The molecule has 0 aromatic heterocycles. The zero-order valence-electron chi connectivity index (χ0n) is 13.1. The van der Waals surface area contributed by atoms with Crippen LogP contribution in [0.3, 0.4) is 0 Å². The van der Waals surface area contributed by atoms with E-state index < -0.39 is 0 Å². The molecule has 2 aliphatic rings. The second kappa shape index (κ2) is 7.01. The van der Waals surface area contributed by atoms with Crippen LogP contribution in [-0.2, 0) is 4.79 Å². The molecular weight excluding hydrogens is 280 g/mol. The Hall–Kier alpha value is -1.75. The first-order valence-corrected chi connectivity index (χ1v) is 8.13.